The molecule has 0 saturated carbocycles. The molecule has 0 spiro atoms. The number of piperidine rings is 1. The largest absolute Gasteiger partial charge is 0.481 e. The smallest absolute Gasteiger partial charge is 0.306 e. The lowest BCUT2D eigenvalue weighted by atomic mass is 9.96. The second-order valence-corrected chi connectivity index (χ2v) is 7.44. The van der Waals surface area contributed by atoms with E-state index in [0.717, 1.165) is 16.8 Å². The van der Waals surface area contributed by atoms with Crippen LogP contribution in [0, 0.1) is 12.8 Å². The van der Waals surface area contributed by atoms with Gasteiger partial charge in [-0.1, -0.05) is 48.0 Å². The van der Waals surface area contributed by atoms with Gasteiger partial charge in [0.1, 0.15) is 5.69 Å². The number of aromatic nitrogens is 2. The number of aliphatic carboxylic acids is 1. The first kappa shape index (κ1) is 18.9. The summed E-state index contributed by atoms with van der Waals surface area (Å²) in [5.74, 6) is -1.26. The van der Waals surface area contributed by atoms with Gasteiger partial charge in [0, 0.05) is 24.8 Å². The molecule has 2 heterocycles. The molecule has 1 aliphatic heterocycles. The molecular formula is C23H23N3O3. The minimum atomic E-state index is -0.783. The monoisotopic (exact) mass is 389 g/mol. The van der Waals surface area contributed by atoms with Crippen molar-refractivity contribution >= 4 is 11.9 Å². The molecular weight excluding hydrogens is 366 g/mol. The second-order valence-electron chi connectivity index (χ2n) is 7.44. The van der Waals surface area contributed by atoms with Gasteiger partial charge in [-0.05, 0) is 31.9 Å². The normalized spacial score (nSPS) is 14.7. The molecule has 0 aliphatic carbocycles. The second kappa shape index (κ2) is 7.91. The number of aryl methyl sites for hydroxylation is 1. The van der Waals surface area contributed by atoms with E-state index in [-0.39, 0.29) is 11.8 Å². The zero-order valence-electron chi connectivity index (χ0n) is 16.3. The lowest BCUT2D eigenvalue weighted by Crippen LogP contribution is -2.40. The van der Waals surface area contributed by atoms with E-state index in [1.807, 2.05) is 61.5 Å². The Kier molecular flexibility index (Phi) is 5.16. The Labute approximate surface area is 169 Å². The standard InChI is InChI=1S/C23H23N3O3/c1-16-7-9-19(10-8-16)26-15-20(21(24-26)17-5-3-2-4-6-17)22(27)25-13-11-18(12-14-25)23(28)29/h2-10,15,18H,11-14H2,1H3,(H,28,29). The molecule has 1 fully saturated rings. The van der Waals surface area contributed by atoms with Crippen molar-refractivity contribution in [1.82, 2.24) is 14.7 Å². The van der Waals surface area contributed by atoms with Crippen LogP contribution in [-0.2, 0) is 4.79 Å². The molecule has 1 aromatic heterocycles. The summed E-state index contributed by atoms with van der Waals surface area (Å²) in [4.78, 5) is 26.2. The fourth-order valence-electron chi connectivity index (χ4n) is 3.67. The van der Waals surface area contributed by atoms with Gasteiger partial charge in [0.05, 0.1) is 17.2 Å². The summed E-state index contributed by atoms with van der Waals surface area (Å²) in [5.41, 5.74) is 4.09. The molecule has 1 saturated heterocycles. The summed E-state index contributed by atoms with van der Waals surface area (Å²) in [7, 11) is 0. The van der Waals surface area contributed by atoms with Crippen molar-refractivity contribution in [1.29, 1.82) is 0 Å². The van der Waals surface area contributed by atoms with E-state index >= 15 is 0 Å². The summed E-state index contributed by atoms with van der Waals surface area (Å²) in [6.45, 7) is 2.91. The van der Waals surface area contributed by atoms with Crippen molar-refractivity contribution in [2.45, 2.75) is 19.8 Å². The molecule has 6 heteroatoms. The van der Waals surface area contributed by atoms with Crippen LogP contribution in [0.2, 0.25) is 0 Å². The lowest BCUT2D eigenvalue weighted by Gasteiger charge is -2.30. The minimum absolute atomic E-state index is 0.106. The van der Waals surface area contributed by atoms with Gasteiger partial charge in [0.25, 0.3) is 5.91 Å². The Morgan fingerprint density at radius 2 is 1.66 bits per heavy atom. The Morgan fingerprint density at radius 1 is 1.00 bits per heavy atom. The van der Waals surface area contributed by atoms with E-state index in [2.05, 4.69) is 0 Å². The first-order valence-corrected chi connectivity index (χ1v) is 9.77. The van der Waals surface area contributed by atoms with Crippen LogP contribution in [0.1, 0.15) is 28.8 Å². The number of nitrogens with zero attached hydrogens (tertiary/aromatic N) is 3. The van der Waals surface area contributed by atoms with Gasteiger partial charge in [-0.2, -0.15) is 5.10 Å². The van der Waals surface area contributed by atoms with Crippen molar-refractivity contribution in [3.05, 3.63) is 71.9 Å². The number of carboxylic acid groups (broad SMARTS) is 1. The summed E-state index contributed by atoms with van der Waals surface area (Å²) < 4.78 is 1.74. The third kappa shape index (κ3) is 3.92. The fourth-order valence-corrected chi connectivity index (χ4v) is 3.67. The van der Waals surface area contributed by atoms with Gasteiger partial charge in [-0.3, -0.25) is 9.59 Å². The number of rotatable bonds is 4. The Morgan fingerprint density at radius 3 is 2.28 bits per heavy atom. The highest BCUT2D eigenvalue weighted by atomic mass is 16.4. The van der Waals surface area contributed by atoms with Crippen LogP contribution in [0.5, 0.6) is 0 Å². The zero-order chi connectivity index (χ0) is 20.4. The third-order valence-electron chi connectivity index (χ3n) is 5.42. The van der Waals surface area contributed by atoms with Gasteiger partial charge in [0.2, 0.25) is 0 Å². The van der Waals surface area contributed by atoms with Crippen LogP contribution >= 0.6 is 0 Å². The first-order valence-electron chi connectivity index (χ1n) is 9.77. The maximum atomic E-state index is 13.3. The van der Waals surface area contributed by atoms with Crippen LogP contribution < -0.4 is 0 Å². The molecule has 0 unspecified atom stereocenters. The number of carbonyl (C=O) groups is 2. The third-order valence-corrected chi connectivity index (χ3v) is 5.42. The van der Waals surface area contributed by atoms with E-state index in [0.29, 0.717) is 37.2 Å². The highest BCUT2D eigenvalue weighted by molar-refractivity contribution is 6.00. The average molecular weight is 389 g/mol. The van der Waals surface area contributed by atoms with Crippen LogP contribution in [0.25, 0.3) is 16.9 Å². The molecule has 1 N–H and O–H groups in total. The molecule has 4 rings (SSSR count). The van der Waals surface area contributed by atoms with Gasteiger partial charge in [-0.25, -0.2) is 4.68 Å². The van der Waals surface area contributed by atoms with Gasteiger partial charge >= 0.3 is 5.97 Å². The summed E-state index contributed by atoms with van der Waals surface area (Å²) in [6.07, 6.45) is 2.74. The van der Waals surface area contributed by atoms with Crippen molar-refractivity contribution in [2.75, 3.05) is 13.1 Å². The zero-order valence-corrected chi connectivity index (χ0v) is 16.3. The molecule has 1 amide bonds. The van der Waals surface area contributed by atoms with Crippen LogP contribution in [0.4, 0.5) is 0 Å². The number of carbonyl (C=O) groups excluding carboxylic acids is 1. The number of amides is 1. The maximum absolute atomic E-state index is 13.3. The van der Waals surface area contributed by atoms with Crippen molar-refractivity contribution in [3.63, 3.8) is 0 Å². The Bertz CT molecular complexity index is 1020. The maximum Gasteiger partial charge on any atom is 0.306 e. The SMILES string of the molecule is Cc1ccc(-n2cc(C(=O)N3CCC(C(=O)O)CC3)c(-c3ccccc3)n2)cc1. The highest BCUT2D eigenvalue weighted by Gasteiger charge is 2.29. The predicted molar refractivity (Wildman–Crippen MR) is 110 cm³/mol. The predicted octanol–water partition coefficient (Wildman–Crippen LogP) is 3.78. The van der Waals surface area contributed by atoms with Crippen LogP contribution in [-0.4, -0.2) is 44.8 Å². The van der Waals surface area contributed by atoms with Crippen molar-refractivity contribution in [3.8, 4) is 16.9 Å². The first-order chi connectivity index (χ1) is 14.0. The van der Waals surface area contributed by atoms with Crippen LogP contribution in [0.15, 0.2) is 60.8 Å². The van der Waals surface area contributed by atoms with E-state index < -0.39 is 5.97 Å². The quantitative estimate of drug-likeness (QED) is 0.737. The molecule has 148 valence electrons. The summed E-state index contributed by atoms with van der Waals surface area (Å²) in [6, 6.07) is 17.6. The topological polar surface area (TPSA) is 75.4 Å². The molecule has 29 heavy (non-hydrogen) atoms. The fraction of sp³-hybridized carbons (Fsp3) is 0.261. The van der Waals surface area contributed by atoms with Crippen molar-refractivity contribution < 1.29 is 14.7 Å². The summed E-state index contributed by atoms with van der Waals surface area (Å²) in [5, 5.41) is 13.9. The van der Waals surface area contributed by atoms with E-state index in [4.69, 9.17) is 5.10 Å². The molecule has 6 nitrogen and oxygen atoms in total. The Balaban J connectivity index is 1.68. The van der Waals surface area contributed by atoms with Crippen LogP contribution in [0.3, 0.4) is 0 Å². The molecule has 0 radical (unpaired) electrons. The molecule has 0 atom stereocenters. The molecule has 1 aliphatic rings. The van der Waals surface area contributed by atoms with Gasteiger partial charge < -0.3 is 10.0 Å². The number of hydrogen-bond acceptors (Lipinski definition) is 3. The van der Waals surface area contributed by atoms with Crippen molar-refractivity contribution in [2.24, 2.45) is 5.92 Å². The van der Waals surface area contributed by atoms with E-state index in [9.17, 15) is 14.7 Å². The highest BCUT2D eigenvalue weighted by Crippen LogP contribution is 2.27. The molecule has 3 aromatic rings. The molecule has 2 aromatic carbocycles. The van der Waals surface area contributed by atoms with Gasteiger partial charge in [-0.15, -0.1) is 0 Å². The van der Waals surface area contributed by atoms with E-state index in [1.54, 1.807) is 15.8 Å². The average Bonchev–Trinajstić information content (AvgIpc) is 3.20. The number of carboxylic acids is 1. The lowest BCUT2D eigenvalue weighted by molar-refractivity contribution is -0.143. The number of hydrogen-bond donors (Lipinski definition) is 1. The van der Waals surface area contributed by atoms with Gasteiger partial charge in [0.15, 0.2) is 0 Å². The van der Waals surface area contributed by atoms with E-state index in [1.165, 1.54) is 0 Å². The molecule has 0 bridgehead atoms. The summed E-state index contributed by atoms with van der Waals surface area (Å²) >= 11 is 0. The number of benzene rings is 2. The Hall–Kier alpha value is -3.41. The minimum Gasteiger partial charge on any atom is -0.481 e. The number of likely N-dealkylation sites (tertiary alicyclic amines) is 1.